The molecule has 4 aromatic carbocycles. The van der Waals surface area contributed by atoms with Crippen LogP contribution in [0.2, 0.25) is 0 Å². The van der Waals surface area contributed by atoms with Crippen molar-refractivity contribution in [1.29, 1.82) is 0 Å². The molecule has 5 rings (SSSR count). The van der Waals surface area contributed by atoms with Crippen molar-refractivity contribution in [2.45, 2.75) is 47.3 Å². The number of carbonyl (C=O) groups excluding carboxylic acids is 2. The van der Waals surface area contributed by atoms with Gasteiger partial charge in [0.05, 0.1) is 11.6 Å². The Balaban J connectivity index is 1.58. The highest BCUT2D eigenvalue weighted by molar-refractivity contribution is 6.51. The number of rotatable bonds is 9. The molecule has 6 nitrogen and oxygen atoms in total. The topological polar surface area (TPSA) is 70.1 Å². The Bertz CT molecular complexity index is 1650. The maximum Gasteiger partial charge on any atom is 0.300 e. The lowest BCUT2D eigenvalue weighted by atomic mass is 9.94. The molecule has 1 N–H and O–H groups in total. The predicted octanol–water partition coefficient (Wildman–Crippen LogP) is 7.66. The van der Waals surface area contributed by atoms with Gasteiger partial charge in [-0.2, -0.15) is 0 Å². The number of hydrogen-bond donors (Lipinski definition) is 1. The molecular formula is C37H38N2O4. The summed E-state index contributed by atoms with van der Waals surface area (Å²) in [6.07, 6.45) is 0. The minimum absolute atomic E-state index is 0.0668. The van der Waals surface area contributed by atoms with Crippen molar-refractivity contribution in [3.8, 4) is 5.75 Å². The number of hydrogen-bond acceptors (Lipinski definition) is 5. The second kappa shape index (κ2) is 12.6. The van der Waals surface area contributed by atoms with Crippen LogP contribution in [0.1, 0.15) is 53.3 Å². The van der Waals surface area contributed by atoms with Gasteiger partial charge in [-0.3, -0.25) is 14.5 Å². The highest BCUT2D eigenvalue weighted by Crippen LogP contribution is 2.43. The van der Waals surface area contributed by atoms with Gasteiger partial charge >= 0.3 is 0 Å². The molecule has 0 spiro atoms. The Hall–Kier alpha value is -4.84. The number of aryl methyl sites for hydroxylation is 3. The summed E-state index contributed by atoms with van der Waals surface area (Å²) in [4.78, 5) is 31.1. The van der Waals surface area contributed by atoms with Crippen LogP contribution >= 0.6 is 0 Å². The normalized spacial score (nSPS) is 16.0. The monoisotopic (exact) mass is 574 g/mol. The molecule has 4 aromatic rings. The van der Waals surface area contributed by atoms with Crippen LogP contribution in [0.15, 0.2) is 96.6 Å². The zero-order valence-corrected chi connectivity index (χ0v) is 25.4. The molecule has 1 heterocycles. The van der Waals surface area contributed by atoms with Crippen LogP contribution in [-0.2, 0) is 16.2 Å². The van der Waals surface area contributed by atoms with Crippen molar-refractivity contribution in [2.24, 2.45) is 0 Å². The highest BCUT2D eigenvalue weighted by atomic mass is 16.5. The number of benzene rings is 4. The molecule has 1 atom stereocenters. The van der Waals surface area contributed by atoms with Crippen molar-refractivity contribution >= 4 is 28.8 Å². The summed E-state index contributed by atoms with van der Waals surface area (Å²) in [6, 6.07) is 28.1. The lowest BCUT2D eigenvalue weighted by Gasteiger charge is -2.27. The van der Waals surface area contributed by atoms with Crippen LogP contribution in [0.25, 0.3) is 5.76 Å². The van der Waals surface area contributed by atoms with Gasteiger partial charge in [0.1, 0.15) is 18.1 Å². The average molecular weight is 575 g/mol. The van der Waals surface area contributed by atoms with Crippen LogP contribution in [0.5, 0.6) is 5.75 Å². The number of carbonyl (C=O) groups is 2. The van der Waals surface area contributed by atoms with Gasteiger partial charge in [-0.15, -0.1) is 0 Å². The Morgan fingerprint density at radius 3 is 2.09 bits per heavy atom. The molecule has 1 amide bonds. The summed E-state index contributed by atoms with van der Waals surface area (Å²) in [5.41, 5.74) is 6.76. The zero-order chi connectivity index (χ0) is 30.7. The van der Waals surface area contributed by atoms with Gasteiger partial charge in [-0.1, -0.05) is 48.5 Å². The van der Waals surface area contributed by atoms with Crippen LogP contribution in [0.3, 0.4) is 0 Å². The second-order valence-corrected chi connectivity index (χ2v) is 11.0. The van der Waals surface area contributed by atoms with Gasteiger partial charge in [0.2, 0.25) is 0 Å². The number of amides is 1. The number of aliphatic hydroxyl groups excluding tert-OH is 1. The van der Waals surface area contributed by atoms with E-state index in [0.29, 0.717) is 23.6 Å². The molecule has 0 aliphatic carbocycles. The molecule has 1 aliphatic rings. The Kier molecular flexibility index (Phi) is 8.67. The number of anilines is 2. The van der Waals surface area contributed by atoms with Gasteiger partial charge in [-0.25, -0.2) is 0 Å². The Labute approximate surface area is 253 Å². The van der Waals surface area contributed by atoms with E-state index in [1.807, 2.05) is 93.6 Å². The summed E-state index contributed by atoms with van der Waals surface area (Å²) in [6.45, 7) is 12.2. The third-order valence-electron chi connectivity index (χ3n) is 7.95. The van der Waals surface area contributed by atoms with E-state index >= 15 is 0 Å². The minimum Gasteiger partial charge on any atom is -0.507 e. The number of Topliss-reactive ketones (excluding diaryl/α,β-unsaturated/α-hetero) is 1. The molecule has 1 aliphatic heterocycles. The van der Waals surface area contributed by atoms with E-state index in [2.05, 4.69) is 18.7 Å². The second-order valence-electron chi connectivity index (χ2n) is 11.0. The standard InChI is InChI=1S/C37H38N2O4/c1-6-38(7-2)30-16-13-28(14-17-30)34-33(36(41)37(42)39(34)31-20-24(3)19-25(4)21-31)35(40)29-15-18-32(26(5)22-29)43-23-27-11-9-8-10-12-27/h8-22,34,40H,6-7,23H2,1-5H3/b35-33-. The molecule has 0 bridgehead atoms. The van der Waals surface area contributed by atoms with Gasteiger partial charge in [0.15, 0.2) is 0 Å². The molecule has 220 valence electrons. The van der Waals surface area contributed by atoms with Gasteiger partial charge < -0.3 is 14.7 Å². The summed E-state index contributed by atoms with van der Waals surface area (Å²) in [5.74, 6) is -0.902. The lowest BCUT2D eigenvalue weighted by Crippen LogP contribution is -2.29. The van der Waals surface area contributed by atoms with E-state index in [-0.39, 0.29) is 11.3 Å². The maximum atomic E-state index is 13.7. The van der Waals surface area contributed by atoms with E-state index in [0.717, 1.165) is 46.6 Å². The average Bonchev–Trinajstić information content (AvgIpc) is 3.27. The fourth-order valence-corrected chi connectivity index (χ4v) is 5.81. The summed E-state index contributed by atoms with van der Waals surface area (Å²) >= 11 is 0. The first-order valence-corrected chi connectivity index (χ1v) is 14.7. The first-order chi connectivity index (χ1) is 20.7. The molecule has 1 fully saturated rings. The first kappa shape index (κ1) is 29.6. The largest absolute Gasteiger partial charge is 0.507 e. The van der Waals surface area contributed by atoms with Crippen molar-refractivity contribution in [1.82, 2.24) is 0 Å². The fraction of sp³-hybridized carbons (Fsp3) is 0.243. The van der Waals surface area contributed by atoms with Crippen molar-refractivity contribution in [3.63, 3.8) is 0 Å². The van der Waals surface area contributed by atoms with Crippen LogP contribution in [-0.4, -0.2) is 29.9 Å². The third-order valence-corrected chi connectivity index (χ3v) is 7.95. The van der Waals surface area contributed by atoms with Crippen LogP contribution in [0, 0.1) is 20.8 Å². The number of nitrogens with zero attached hydrogens (tertiary/aromatic N) is 2. The molecule has 6 heteroatoms. The van der Waals surface area contributed by atoms with E-state index in [1.165, 1.54) is 4.90 Å². The van der Waals surface area contributed by atoms with Gasteiger partial charge in [-0.05, 0) is 105 Å². The molecule has 0 radical (unpaired) electrons. The van der Waals surface area contributed by atoms with Crippen molar-refractivity contribution < 1.29 is 19.4 Å². The summed E-state index contributed by atoms with van der Waals surface area (Å²) in [5, 5.41) is 11.7. The summed E-state index contributed by atoms with van der Waals surface area (Å²) in [7, 11) is 0. The lowest BCUT2D eigenvalue weighted by molar-refractivity contribution is -0.132. The Morgan fingerprint density at radius 1 is 0.837 bits per heavy atom. The van der Waals surface area contributed by atoms with Gasteiger partial charge in [0.25, 0.3) is 11.7 Å². The molecule has 0 saturated carbocycles. The molecular weight excluding hydrogens is 536 g/mol. The van der Waals surface area contributed by atoms with Crippen LogP contribution in [0.4, 0.5) is 11.4 Å². The molecule has 1 saturated heterocycles. The number of ether oxygens (including phenoxy) is 1. The van der Waals surface area contributed by atoms with E-state index in [9.17, 15) is 14.7 Å². The smallest absolute Gasteiger partial charge is 0.300 e. The zero-order valence-electron chi connectivity index (χ0n) is 25.4. The molecule has 0 aromatic heterocycles. The van der Waals surface area contributed by atoms with Crippen molar-refractivity contribution in [2.75, 3.05) is 22.9 Å². The third kappa shape index (κ3) is 6.05. The van der Waals surface area contributed by atoms with E-state index < -0.39 is 17.7 Å². The summed E-state index contributed by atoms with van der Waals surface area (Å²) < 4.78 is 6.03. The highest BCUT2D eigenvalue weighted by Gasteiger charge is 2.47. The van der Waals surface area contributed by atoms with Crippen molar-refractivity contribution in [3.05, 3.63) is 130 Å². The minimum atomic E-state index is -0.790. The fourth-order valence-electron chi connectivity index (χ4n) is 5.81. The van der Waals surface area contributed by atoms with E-state index in [1.54, 1.807) is 18.2 Å². The number of aliphatic hydroxyl groups is 1. The quantitative estimate of drug-likeness (QED) is 0.126. The SMILES string of the molecule is CCN(CC)c1ccc(C2/C(=C(/O)c3ccc(OCc4ccccc4)c(C)c3)C(=O)C(=O)N2c2cc(C)cc(C)c2)cc1. The maximum absolute atomic E-state index is 13.7. The van der Waals surface area contributed by atoms with E-state index in [4.69, 9.17) is 4.74 Å². The Morgan fingerprint density at radius 2 is 1.49 bits per heavy atom. The number of ketones is 1. The molecule has 1 unspecified atom stereocenters. The van der Waals surface area contributed by atoms with Crippen LogP contribution < -0.4 is 14.5 Å². The molecule has 43 heavy (non-hydrogen) atoms. The van der Waals surface area contributed by atoms with Gasteiger partial charge in [0, 0.05) is 30.0 Å². The predicted molar refractivity (Wildman–Crippen MR) is 173 cm³/mol. The first-order valence-electron chi connectivity index (χ1n) is 14.7.